The smallest absolute Gasteiger partial charge is 0.238 e. The Morgan fingerprint density at radius 2 is 1.58 bits per heavy atom. The topological polar surface area (TPSA) is 91.5 Å². The fourth-order valence-electron chi connectivity index (χ4n) is 2.56. The molecule has 8 heteroatoms. The predicted octanol–water partition coefficient (Wildman–Crippen LogP) is 3.45. The first-order valence-electron chi connectivity index (χ1n) is 7.66. The third-order valence-electron chi connectivity index (χ3n) is 3.88. The Morgan fingerprint density at radius 1 is 0.962 bits per heavy atom. The Balaban J connectivity index is 2.00. The van der Waals surface area contributed by atoms with Crippen LogP contribution in [0.4, 0.5) is 0 Å². The highest BCUT2D eigenvalue weighted by atomic mass is 32.2. The average molecular weight is 390 g/mol. The zero-order valence-electron chi connectivity index (χ0n) is 14.5. The number of methoxy groups -OCH3 is 2. The second-order valence-corrected chi connectivity index (χ2v) is 8.33. The molecule has 6 nitrogen and oxygen atoms in total. The molecule has 3 rings (SSSR count). The summed E-state index contributed by atoms with van der Waals surface area (Å²) < 4.78 is 33.4. The highest BCUT2D eigenvalue weighted by Crippen LogP contribution is 2.37. The van der Waals surface area contributed by atoms with Gasteiger partial charge in [-0.25, -0.2) is 18.5 Å². The first kappa shape index (κ1) is 18.4. The van der Waals surface area contributed by atoms with E-state index in [-0.39, 0.29) is 4.90 Å². The minimum Gasteiger partial charge on any atom is -0.493 e. The van der Waals surface area contributed by atoms with Crippen LogP contribution in [0.2, 0.25) is 0 Å². The molecule has 0 saturated heterocycles. The van der Waals surface area contributed by atoms with Gasteiger partial charge in [0.25, 0.3) is 0 Å². The molecular formula is C18H18N2O4S2. The van der Waals surface area contributed by atoms with Gasteiger partial charge in [-0.1, -0.05) is 12.1 Å². The van der Waals surface area contributed by atoms with E-state index in [0.717, 1.165) is 26.7 Å². The predicted molar refractivity (Wildman–Crippen MR) is 102 cm³/mol. The molecule has 3 aromatic rings. The van der Waals surface area contributed by atoms with Crippen molar-refractivity contribution >= 4 is 21.4 Å². The van der Waals surface area contributed by atoms with E-state index in [1.807, 2.05) is 25.1 Å². The lowest BCUT2D eigenvalue weighted by Gasteiger charge is -2.08. The molecule has 0 radical (unpaired) electrons. The molecule has 0 fully saturated rings. The van der Waals surface area contributed by atoms with Gasteiger partial charge in [-0.15, -0.1) is 11.3 Å². The Hall–Kier alpha value is -2.42. The monoisotopic (exact) mass is 390 g/mol. The number of aromatic nitrogens is 1. The van der Waals surface area contributed by atoms with Gasteiger partial charge in [0.2, 0.25) is 10.0 Å². The third kappa shape index (κ3) is 3.57. The maximum Gasteiger partial charge on any atom is 0.238 e. The number of hydrogen-bond donors (Lipinski definition) is 1. The number of sulfonamides is 1. The van der Waals surface area contributed by atoms with Crippen LogP contribution in [0.25, 0.3) is 21.8 Å². The Bertz CT molecular complexity index is 1040. The molecule has 0 aliphatic heterocycles. The second kappa shape index (κ2) is 7.06. The van der Waals surface area contributed by atoms with Gasteiger partial charge in [0, 0.05) is 16.0 Å². The lowest BCUT2D eigenvalue weighted by atomic mass is 10.1. The maximum absolute atomic E-state index is 11.4. The number of hydrogen-bond acceptors (Lipinski definition) is 6. The van der Waals surface area contributed by atoms with E-state index in [0.29, 0.717) is 11.5 Å². The lowest BCUT2D eigenvalue weighted by Crippen LogP contribution is -2.11. The molecule has 2 N–H and O–H groups in total. The van der Waals surface area contributed by atoms with Crippen LogP contribution in [-0.4, -0.2) is 27.6 Å². The van der Waals surface area contributed by atoms with Crippen LogP contribution < -0.4 is 14.6 Å². The van der Waals surface area contributed by atoms with Crippen molar-refractivity contribution in [3.63, 3.8) is 0 Å². The second-order valence-electron chi connectivity index (χ2n) is 5.56. The van der Waals surface area contributed by atoms with Gasteiger partial charge in [0.05, 0.1) is 24.8 Å². The molecule has 1 heterocycles. The van der Waals surface area contributed by atoms with E-state index in [1.165, 1.54) is 23.5 Å². The van der Waals surface area contributed by atoms with Gasteiger partial charge in [-0.2, -0.15) is 0 Å². The quantitative estimate of drug-likeness (QED) is 0.720. The zero-order chi connectivity index (χ0) is 18.9. The summed E-state index contributed by atoms with van der Waals surface area (Å²) in [6.07, 6.45) is 0. The van der Waals surface area contributed by atoms with Gasteiger partial charge < -0.3 is 9.47 Å². The van der Waals surface area contributed by atoms with Crippen molar-refractivity contribution in [2.24, 2.45) is 5.14 Å². The van der Waals surface area contributed by atoms with Gasteiger partial charge in [-0.05, 0) is 37.3 Å². The van der Waals surface area contributed by atoms with Crippen molar-refractivity contribution in [3.8, 4) is 33.3 Å². The van der Waals surface area contributed by atoms with Crippen molar-refractivity contribution < 1.29 is 17.9 Å². The molecule has 0 aliphatic carbocycles. The number of aryl methyl sites for hydroxylation is 1. The summed E-state index contributed by atoms with van der Waals surface area (Å²) in [5, 5.41) is 5.94. The minimum atomic E-state index is -3.70. The number of thiazole rings is 1. The highest BCUT2D eigenvalue weighted by Gasteiger charge is 2.15. The van der Waals surface area contributed by atoms with Crippen LogP contribution in [0, 0.1) is 6.92 Å². The van der Waals surface area contributed by atoms with Crippen molar-refractivity contribution in [1.82, 2.24) is 4.98 Å². The normalized spacial score (nSPS) is 11.4. The van der Waals surface area contributed by atoms with Gasteiger partial charge >= 0.3 is 0 Å². The maximum atomic E-state index is 11.4. The molecule has 0 atom stereocenters. The van der Waals surface area contributed by atoms with Crippen LogP contribution in [-0.2, 0) is 10.0 Å². The molecule has 0 amide bonds. The van der Waals surface area contributed by atoms with E-state index < -0.39 is 10.0 Å². The molecule has 26 heavy (non-hydrogen) atoms. The van der Waals surface area contributed by atoms with E-state index in [1.54, 1.807) is 26.4 Å². The molecule has 1 aromatic heterocycles. The van der Waals surface area contributed by atoms with E-state index >= 15 is 0 Å². The first-order chi connectivity index (χ1) is 12.3. The molecule has 2 aromatic carbocycles. The summed E-state index contributed by atoms with van der Waals surface area (Å²) in [6, 6.07) is 12.0. The van der Waals surface area contributed by atoms with Gasteiger partial charge in [0.15, 0.2) is 11.5 Å². The van der Waals surface area contributed by atoms with Crippen LogP contribution in [0.5, 0.6) is 11.5 Å². The number of primary sulfonamides is 1. The molecule has 136 valence electrons. The summed E-state index contributed by atoms with van der Waals surface area (Å²) >= 11 is 1.54. The van der Waals surface area contributed by atoms with Crippen LogP contribution in [0.15, 0.2) is 47.4 Å². The van der Waals surface area contributed by atoms with Crippen molar-refractivity contribution in [1.29, 1.82) is 0 Å². The van der Waals surface area contributed by atoms with E-state index in [2.05, 4.69) is 0 Å². The Morgan fingerprint density at radius 3 is 2.15 bits per heavy atom. The number of rotatable bonds is 5. The lowest BCUT2D eigenvalue weighted by molar-refractivity contribution is 0.355. The summed E-state index contributed by atoms with van der Waals surface area (Å²) in [6.45, 7) is 1.99. The summed E-state index contributed by atoms with van der Waals surface area (Å²) in [5.41, 5.74) is 2.60. The first-order valence-corrected chi connectivity index (χ1v) is 10.0. The summed E-state index contributed by atoms with van der Waals surface area (Å²) in [7, 11) is -0.521. The van der Waals surface area contributed by atoms with Crippen LogP contribution >= 0.6 is 11.3 Å². The Kier molecular flexibility index (Phi) is 4.99. The third-order valence-corrected chi connectivity index (χ3v) is 5.83. The van der Waals surface area contributed by atoms with Crippen LogP contribution in [0.1, 0.15) is 4.88 Å². The highest BCUT2D eigenvalue weighted by molar-refractivity contribution is 7.89. The van der Waals surface area contributed by atoms with Crippen molar-refractivity contribution in [2.75, 3.05) is 14.2 Å². The fourth-order valence-corrected chi connectivity index (χ4v) is 4.01. The molecule has 0 spiro atoms. The SMILES string of the molecule is COc1ccc(-c2nc(-c3ccc(S(N)(=O)=O)cc3)sc2C)cc1OC. The van der Waals surface area contributed by atoms with Crippen molar-refractivity contribution in [3.05, 3.63) is 47.3 Å². The number of nitrogens with two attached hydrogens (primary N) is 1. The number of nitrogens with zero attached hydrogens (tertiary/aromatic N) is 1. The van der Waals surface area contributed by atoms with Crippen LogP contribution in [0.3, 0.4) is 0 Å². The fraction of sp³-hybridized carbons (Fsp3) is 0.167. The molecular weight excluding hydrogens is 372 g/mol. The van der Waals surface area contributed by atoms with E-state index in [4.69, 9.17) is 19.6 Å². The van der Waals surface area contributed by atoms with Gasteiger partial charge in [-0.3, -0.25) is 0 Å². The molecule has 0 bridgehead atoms. The molecule has 0 aliphatic rings. The average Bonchev–Trinajstić information content (AvgIpc) is 3.02. The van der Waals surface area contributed by atoms with Crippen molar-refractivity contribution in [2.45, 2.75) is 11.8 Å². The number of ether oxygens (including phenoxy) is 2. The Labute approximate surface area is 156 Å². The summed E-state index contributed by atoms with van der Waals surface area (Å²) in [4.78, 5) is 5.84. The molecule has 0 saturated carbocycles. The minimum absolute atomic E-state index is 0.0784. The standard InChI is InChI=1S/C18H18N2O4S2/c1-11-17(13-6-9-15(23-2)16(10-13)24-3)20-18(25-11)12-4-7-14(8-5-12)26(19,21)22/h4-10H,1-3H3,(H2,19,21,22). The summed E-state index contributed by atoms with van der Waals surface area (Å²) in [5.74, 6) is 1.29. The van der Waals surface area contributed by atoms with E-state index in [9.17, 15) is 8.42 Å². The van der Waals surface area contributed by atoms with Gasteiger partial charge in [0.1, 0.15) is 5.01 Å². The molecule has 0 unspecified atom stereocenters. The zero-order valence-corrected chi connectivity index (χ0v) is 16.1. The largest absolute Gasteiger partial charge is 0.493 e. The number of benzene rings is 2.